The number of hydrogen-bond donors (Lipinski definition) is 2. The number of nitrogens with one attached hydrogen (secondary N) is 2. The lowest BCUT2D eigenvalue weighted by Gasteiger charge is -2.27. The molecular formula is C8H13N3S. The van der Waals surface area contributed by atoms with Crippen molar-refractivity contribution in [1.82, 2.24) is 15.6 Å². The van der Waals surface area contributed by atoms with E-state index in [4.69, 9.17) is 0 Å². The van der Waals surface area contributed by atoms with Crippen LogP contribution in [0.25, 0.3) is 0 Å². The van der Waals surface area contributed by atoms with Crippen LogP contribution in [0, 0.1) is 6.92 Å². The Morgan fingerprint density at radius 1 is 1.75 bits per heavy atom. The Bertz CT molecular complexity index is 255. The van der Waals surface area contributed by atoms with Gasteiger partial charge in [-0.15, -0.1) is 11.3 Å². The van der Waals surface area contributed by atoms with Gasteiger partial charge in [-0.05, 0) is 6.92 Å². The lowest BCUT2D eigenvalue weighted by Crippen LogP contribution is -2.55. The van der Waals surface area contributed by atoms with E-state index in [9.17, 15) is 0 Å². The Labute approximate surface area is 76.2 Å². The van der Waals surface area contributed by atoms with Crippen LogP contribution < -0.4 is 10.6 Å². The Hall–Kier alpha value is -0.450. The number of aromatic nitrogens is 1. The van der Waals surface area contributed by atoms with Crippen LogP contribution in [-0.4, -0.2) is 24.1 Å². The highest BCUT2D eigenvalue weighted by molar-refractivity contribution is 7.09. The molecule has 1 aliphatic rings. The molecule has 2 rings (SSSR count). The summed E-state index contributed by atoms with van der Waals surface area (Å²) in [6.07, 6.45) is 0. The molecular weight excluding hydrogens is 170 g/mol. The van der Waals surface area contributed by atoms with E-state index in [0.29, 0.717) is 6.04 Å². The molecule has 1 aromatic rings. The zero-order valence-electron chi connectivity index (χ0n) is 7.13. The van der Waals surface area contributed by atoms with E-state index in [1.54, 1.807) is 11.3 Å². The summed E-state index contributed by atoms with van der Waals surface area (Å²) in [4.78, 5) is 4.38. The van der Waals surface area contributed by atoms with Gasteiger partial charge in [-0.2, -0.15) is 0 Å². The molecule has 0 amide bonds. The minimum Gasteiger partial charge on any atom is -0.314 e. The summed E-state index contributed by atoms with van der Waals surface area (Å²) in [6.45, 7) is 5.15. The van der Waals surface area contributed by atoms with E-state index in [0.717, 1.165) is 24.6 Å². The molecule has 12 heavy (non-hydrogen) atoms. The Morgan fingerprint density at radius 3 is 3.08 bits per heavy atom. The van der Waals surface area contributed by atoms with Crippen molar-refractivity contribution in [2.24, 2.45) is 0 Å². The average molecular weight is 183 g/mol. The highest BCUT2D eigenvalue weighted by Crippen LogP contribution is 2.07. The summed E-state index contributed by atoms with van der Waals surface area (Å²) in [5.41, 5.74) is 1.17. The second-order valence-electron chi connectivity index (χ2n) is 3.09. The molecule has 3 nitrogen and oxygen atoms in total. The summed E-state index contributed by atoms with van der Waals surface area (Å²) >= 11 is 1.71. The van der Waals surface area contributed by atoms with Crippen molar-refractivity contribution in [3.8, 4) is 0 Å². The summed E-state index contributed by atoms with van der Waals surface area (Å²) in [5, 5.41) is 9.92. The van der Waals surface area contributed by atoms with E-state index in [-0.39, 0.29) is 0 Å². The highest BCUT2D eigenvalue weighted by atomic mass is 32.1. The van der Waals surface area contributed by atoms with Gasteiger partial charge in [0.25, 0.3) is 0 Å². The maximum Gasteiger partial charge on any atom is 0.0897 e. The maximum absolute atomic E-state index is 4.38. The van der Waals surface area contributed by atoms with Gasteiger partial charge in [-0.1, -0.05) is 0 Å². The number of thiazole rings is 1. The predicted octanol–water partition coefficient (Wildman–Crippen LogP) is 0.513. The van der Waals surface area contributed by atoms with Gasteiger partial charge >= 0.3 is 0 Å². The lowest BCUT2D eigenvalue weighted by atomic mass is 10.2. The predicted molar refractivity (Wildman–Crippen MR) is 50.3 cm³/mol. The van der Waals surface area contributed by atoms with Crippen LogP contribution in [-0.2, 0) is 6.54 Å². The number of hydrogen-bond acceptors (Lipinski definition) is 4. The Balaban J connectivity index is 1.79. The quantitative estimate of drug-likeness (QED) is 0.717. The van der Waals surface area contributed by atoms with Gasteiger partial charge in [0.05, 0.1) is 10.7 Å². The third-order valence-corrected chi connectivity index (χ3v) is 2.84. The second-order valence-corrected chi connectivity index (χ2v) is 4.16. The average Bonchev–Trinajstić information content (AvgIpc) is 2.32. The van der Waals surface area contributed by atoms with Gasteiger partial charge in [0.1, 0.15) is 0 Å². The Morgan fingerprint density at radius 2 is 2.58 bits per heavy atom. The van der Waals surface area contributed by atoms with Gasteiger partial charge in [0.15, 0.2) is 0 Å². The van der Waals surface area contributed by atoms with Gasteiger partial charge in [-0.25, -0.2) is 4.98 Å². The van der Waals surface area contributed by atoms with Crippen molar-refractivity contribution >= 4 is 11.3 Å². The Kier molecular flexibility index (Phi) is 2.39. The minimum absolute atomic E-state index is 0.659. The molecule has 1 aromatic heterocycles. The zero-order chi connectivity index (χ0) is 8.39. The number of nitrogens with zero attached hydrogens (tertiary/aromatic N) is 1. The summed E-state index contributed by atoms with van der Waals surface area (Å²) in [7, 11) is 0. The maximum atomic E-state index is 4.38. The van der Waals surface area contributed by atoms with Crippen molar-refractivity contribution in [2.75, 3.05) is 13.1 Å². The van der Waals surface area contributed by atoms with E-state index in [1.165, 1.54) is 5.69 Å². The summed E-state index contributed by atoms with van der Waals surface area (Å²) in [6, 6.07) is 0.659. The van der Waals surface area contributed by atoms with Crippen LogP contribution in [0.3, 0.4) is 0 Å². The SMILES string of the molecule is Cc1nc(CNC2CNC2)cs1. The fraction of sp³-hybridized carbons (Fsp3) is 0.625. The van der Waals surface area contributed by atoms with Crippen molar-refractivity contribution in [2.45, 2.75) is 19.5 Å². The molecule has 1 saturated heterocycles. The molecule has 0 unspecified atom stereocenters. The van der Waals surface area contributed by atoms with Crippen LogP contribution in [0.2, 0.25) is 0 Å². The smallest absolute Gasteiger partial charge is 0.0897 e. The molecule has 0 spiro atoms. The molecule has 0 radical (unpaired) electrons. The first-order chi connectivity index (χ1) is 5.84. The highest BCUT2D eigenvalue weighted by Gasteiger charge is 2.15. The van der Waals surface area contributed by atoms with E-state index < -0.39 is 0 Å². The molecule has 2 heterocycles. The molecule has 4 heteroatoms. The molecule has 0 aliphatic carbocycles. The molecule has 1 aliphatic heterocycles. The topological polar surface area (TPSA) is 37.0 Å². The summed E-state index contributed by atoms with van der Waals surface area (Å²) in [5.74, 6) is 0. The van der Waals surface area contributed by atoms with E-state index >= 15 is 0 Å². The van der Waals surface area contributed by atoms with Crippen molar-refractivity contribution in [3.63, 3.8) is 0 Å². The van der Waals surface area contributed by atoms with Gasteiger partial charge < -0.3 is 10.6 Å². The number of aryl methyl sites for hydroxylation is 1. The van der Waals surface area contributed by atoms with E-state index in [2.05, 4.69) is 21.0 Å². The molecule has 0 aromatic carbocycles. The van der Waals surface area contributed by atoms with Gasteiger partial charge in [-0.3, -0.25) is 0 Å². The van der Waals surface area contributed by atoms with Crippen LogP contribution in [0.4, 0.5) is 0 Å². The second kappa shape index (κ2) is 3.51. The third kappa shape index (κ3) is 1.83. The van der Waals surface area contributed by atoms with Crippen molar-refractivity contribution in [1.29, 1.82) is 0 Å². The zero-order valence-corrected chi connectivity index (χ0v) is 7.95. The fourth-order valence-electron chi connectivity index (χ4n) is 1.17. The monoisotopic (exact) mass is 183 g/mol. The third-order valence-electron chi connectivity index (χ3n) is 2.02. The van der Waals surface area contributed by atoms with Crippen molar-refractivity contribution in [3.05, 3.63) is 16.1 Å². The van der Waals surface area contributed by atoms with Gasteiger partial charge in [0.2, 0.25) is 0 Å². The van der Waals surface area contributed by atoms with Crippen LogP contribution >= 0.6 is 11.3 Å². The largest absolute Gasteiger partial charge is 0.314 e. The molecule has 66 valence electrons. The molecule has 0 atom stereocenters. The van der Waals surface area contributed by atoms with Gasteiger partial charge in [0, 0.05) is 31.1 Å². The van der Waals surface area contributed by atoms with Crippen LogP contribution in [0.15, 0.2) is 5.38 Å². The van der Waals surface area contributed by atoms with Crippen molar-refractivity contribution < 1.29 is 0 Å². The molecule has 2 N–H and O–H groups in total. The fourth-order valence-corrected chi connectivity index (χ4v) is 1.78. The first kappa shape index (κ1) is 8.16. The first-order valence-corrected chi connectivity index (χ1v) is 5.07. The normalized spacial score (nSPS) is 17.8. The minimum atomic E-state index is 0.659. The van der Waals surface area contributed by atoms with E-state index in [1.807, 2.05) is 6.92 Å². The summed E-state index contributed by atoms with van der Waals surface area (Å²) < 4.78 is 0. The van der Waals surface area contributed by atoms with Crippen LogP contribution in [0.5, 0.6) is 0 Å². The molecule has 0 saturated carbocycles. The molecule has 1 fully saturated rings. The lowest BCUT2D eigenvalue weighted by molar-refractivity contribution is 0.364. The molecule has 0 bridgehead atoms. The standard InChI is InChI=1S/C8H13N3S/c1-6-11-8(5-12-6)4-10-7-2-9-3-7/h5,7,9-10H,2-4H2,1H3. The first-order valence-electron chi connectivity index (χ1n) is 4.20. The number of rotatable bonds is 3. The van der Waals surface area contributed by atoms with Crippen LogP contribution in [0.1, 0.15) is 10.7 Å².